The summed E-state index contributed by atoms with van der Waals surface area (Å²) in [7, 11) is 0. The molecule has 3 rings (SSSR count). The first-order chi connectivity index (χ1) is 9.77. The van der Waals surface area contributed by atoms with Crippen LogP contribution in [0.15, 0.2) is 24.3 Å². The van der Waals surface area contributed by atoms with E-state index >= 15 is 0 Å². The fraction of sp³-hybridized carbons (Fsp3) is 0.647. The van der Waals surface area contributed by atoms with Gasteiger partial charge in [-0.3, -0.25) is 4.90 Å². The monoisotopic (exact) mass is 273 g/mol. The highest BCUT2D eigenvalue weighted by atomic mass is 15.3. The van der Waals surface area contributed by atoms with Gasteiger partial charge in [0, 0.05) is 25.2 Å². The van der Waals surface area contributed by atoms with E-state index in [2.05, 4.69) is 41.0 Å². The van der Waals surface area contributed by atoms with Crippen molar-refractivity contribution in [3.05, 3.63) is 35.4 Å². The number of hydrogen-bond acceptors (Lipinski definition) is 3. The predicted octanol–water partition coefficient (Wildman–Crippen LogP) is 2.21. The van der Waals surface area contributed by atoms with Crippen molar-refractivity contribution < 1.29 is 0 Å². The highest BCUT2D eigenvalue weighted by Gasteiger charge is 2.40. The largest absolute Gasteiger partial charge is 0.329 e. The summed E-state index contributed by atoms with van der Waals surface area (Å²) in [5.41, 5.74) is 9.43. The number of benzene rings is 1. The molecule has 3 nitrogen and oxygen atoms in total. The van der Waals surface area contributed by atoms with Crippen molar-refractivity contribution in [2.45, 2.75) is 44.8 Å². The van der Waals surface area contributed by atoms with Gasteiger partial charge in [0.25, 0.3) is 0 Å². The molecule has 0 amide bonds. The van der Waals surface area contributed by atoms with Crippen LogP contribution in [0.4, 0.5) is 0 Å². The number of fused-ring (bicyclic) bond motifs is 1. The molecule has 2 N–H and O–H groups in total. The Morgan fingerprint density at radius 3 is 2.20 bits per heavy atom. The lowest BCUT2D eigenvalue weighted by Gasteiger charge is -2.47. The maximum Gasteiger partial charge on any atom is 0.0363 e. The Labute approximate surface area is 122 Å². The van der Waals surface area contributed by atoms with Crippen LogP contribution in [-0.4, -0.2) is 41.5 Å². The second kappa shape index (κ2) is 5.84. The van der Waals surface area contributed by atoms with Crippen molar-refractivity contribution in [1.29, 1.82) is 0 Å². The summed E-state index contributed by atoms with van der Waals surface area (Å²) >= 11 is 0. The number of nitrogens with zero attached hydrogens (tertiary/aromatic N) is 2. The molecule has 1 aromatic rings. The van der Waals surface area contributed by atoms with Gasteiger partial charge in [0.1, 0.15) is 0 Å². The van der Waals surface area contributed by atoms with Crippen LogP contribution in [0.2, 0.25) is 0 Å². The topological polar surface area (TPSA) is 32.5 Å². The van der Waals surface area contributed by atoms with Crippen molar-refractivity contribution in [3.8, 4) is 0 Å². The third-order valence-electron chi connectivity index (χ3n) is 5.22. The van der Waals surface area contributed by atoms with Gasteiger partial charge in [0.15, 0.2) is 0 Å². The van der Waals surface area contributed by atoms with Gasteiger partial charge in [-0.15, -0.1) is 0 Å². The molecular weight excluding hydrogens is 246 g/mol. The Balaban J connectivity index is 1.70. The highest BCUT2D eigenvalue weighted by molar-refractivity contribution is 5.31. The van der Waals surface area contributed by atoms with Gasteiger partial charge >= 0.3 is 0 Å². The van der Waals surface area contributed by atoms with E-state index in [4.69, 9.17) is 5.73 Å². The van der Waals surface area contributed by atoms with Crippen LogP contribution >= 0.6 is 0 Å². The zero-order chi connectivity index (χ0) is 14.0. The molecule has 110 valence electrons. The van der Waals surface area contributed by atoms with Gasteiger partial charge in [0.2, 0.25) is 0 Å². The molecule has 1 saturated heterocycles. The van der Waals surface area contributed by atoms with Gasteiger partial charge in [-0.2, -0.15) is 0 Å². The standard InChI is InChI=1S/C17H27N3/c1-2-9-19-10-7-17(14-18,8-11-19)20-12-15-5-3-4-6-16(15)13-20/h3-6H,2,7-14,18H2,1H3. The summed E-state index contributed by atoms with van der Waals surface area (Å²) in [6.07, 6.45) is 3.69. The van der Waals surface area contributed by atoms with E-state index in [1.54, 1.807) is 0 Å². The van der Waals surface area contributed by atoms with Gasteiger partial charge in [-0.1, -0.05) is 31.2 Å². The first-order valence-electron chi connectivity index (χ1n) is 8.02. The molecule has 0 aliphatic carbocycles. The predicted molar refractivity (Wildman–Crippen MR) is 83.4 cm³/mol. The third-order valence-corrected chi connectivity index (χ3v) is 5.22. The molecule has 0 radical (unpaired) electrons. The van der Waals surface area contributed by atoms with Crippen molar-refractivity contribution in [2.24, 2.45) is 5.73 Å². The molecule has 1 fully saturated rings. The Bertz CT molecular complexity index is 424. The summed E-state index contributed by atoms with van der Waals surface area (Å²) in [6.45, 7) is 8.88. The van der Waals surface area contributed by atoms with E-state index < -0.39 is 0 Å². The van der Waals surface area contributed by atoms with Crippen LogP contribution < -0.4 is 5.73 Å². The van der Waals surface area contributed by atoms with Crippen molar-refractivity contribution in [1.82, 2.24) is 9.80 Å². The molecule has 2 aliphatic rings. The van der Waals surface area contributed by atoms with E-state index in [0.29, 0.717) is 0 Å². The molecule has 0 spiro atoms. The first kappa shape index (κ1) is 14.1. The fourth-order valence-electron chi connectivity index (χ4n) is 3.83. The minimum atomic E-state index is 0.225. The number of nitrogens with two attached hydrogens (primary N) is 1. The fourth-order valence-corrected chi connectivity index (χ4v) is 3.83. The molecule has 2 aliphatic heterocycles. The molecule has 1 aromatic carbocycles. The van der Waals surface area contributed by atoms with E-state index in [1.165, 1.54) is 50.0 Å². The van der Waals surface area contributed by atoms with Crippen LogP contribution in [0, 0.1) is 0 Å². The lowest BCUT2D eigenvalue weighted by molar-refractivity contribution is 0.0236. The SMILES string of the molecule is CCCN1CCC(CN)(N2Cc3ccccc3C2)CC1. The Kier molecular flexibility index (Phi) is 4.11. The van der Waals surface area contributed by atoms with Crippen LogP contribution in [0.1, 0.15) is 37.3 Å². The van der Waals surface area contributed by atoms with Gasteiger partial charge in [0.05, 0.1) is 0 Å². The van der Waals surface area contributed by atoms with E-state index in [1.807, 2.05) is 0 Å². The van der Waals surface area contributed by atoms with Crippen molar-refractivity contribution in [3.63, 3.8) is 0 Å². The Hall–Kier alpha value is -0.900. The average molecular weight is 273 g/mol. The summed E-state index contributed by atoms with van der Waals surface area (Å²) in [6, 6.07) is 8.85. The molecule has 0 atom stereocenters. The van der Waals surface area contributed by atoms with Crippen molar-refractivity contribution >= 4 is 0 Å². The third kappa shape index (κ3) is 2.50. The number of hydrogen-bond donors (Lipinski definition) is 1. The Morgan fingerprint density at radius 1 is 1.10 bits per heavy atom. The minimum Gasteiger partial charge on any atom is -0.329 e. The van der Waals surface area contributed by atoms with E-state index in [9.17, 15) is 0 Å². The van der Waals surface area contributed by atoms with Crippen LogP contribution in [0.25, 0.3) is 0 Å². The smallest absolute Gasteiger partial charge is 0.0363 e. The normalized spacial score (nSPS) is 22.9. The van der Waals surface area contributed by atoms with Crippen molar-refractivity contribution in [2.75, 3.05) is 26.2 Å². The first-order valence-corrected chi connectivity index (χ1v) is 8.02. The zero-order valence-electron chi connectivity index (χ0n) is 12.6. The highest BCUT2D eigenvalue weighted by Crippen LogP contribution is 2.35. The number of rotatable bonds is 4. The van der Waals surface area contributed by atoms with Crippen LogP contribution in [-0.2, 0) is 13.1 Å². The summed E-state index contributed by atoms with van der Waals surface area (Å²) in [5.74, 6) is 0. The van der Waals surface area contributed by atoms with Gasteiger partial charge < -0.3 is 10.6 Å². The minimum absolute atomic E-state index is 0.225. The average Bonchev–Trinajstić information content (AvgIpc) is 2.93. The molecule has 3 heteroatoms. The maximum atomic E-state index is 6.21. The van der Waals surface area contributed by atoms with E-state index in [0.717, 1.165) is 19.6 Å². The molecule has 2 heterocycles. The summed E-state index contributed by atoms with van der Waals surface area (Å²) in [5, 5.41) is 0. The zero-order valence-corrected chi connectivity index (χ0v) is 12.6. The second-order valence-electron chi connectivity index (χ2n) is 6.39. The summed E-state index contributed by atoms with van der Waals surface area (Å²) < 4.78 is 0. The van der Waals surface area contributed by atoms with Gasteiger partial charge in [-0.05, 0) is 50.0 Å². The number of likely N-dealkylation sites (tertiary alicyclic amines) is 1. The molecule has 20 heavy (non-hydrogen) atoms. The maximum absolute atomic E-state index is 6.21. The second-order valence-corrected chi connectivity index (χ2v) is 6.39. The lowest BCUT2D eigenvalue weighted by Crippen LogP contribution is -2.57. The van der Waals surface area contributed by atoms with Crippen LogP contribution in [0.5, 0.6) is 0 Å². The lowest BCUT2D eigenvalue weighted by atomic mass is 9.85. The molecule has 0 saturated carbocycles. The van der Waals surface area contributed by atoms with E-state index in [-0.39, 0.29) is 5.54 Å². The quantitative estimate of drug-likeness (QED) is 0.913. The molecular formula is C17H27N3. The summed E-state index contributed by atoms with van der Waals surface area (Å²) in [4.78, 5) is 5.23. The van der Waals surface area contributed by atoms with Gasteiger partial charge in [-0.25, -0.2) is 0 Å². The number of piperidine rings is 1. The van der Waals surface area contributed by atoms with Crippen LogP contribution in [0.3, 0.4) is 0 Å². The Morgan fingerprint density at radius 2 is 1.70 bits per heavy atom. The molecule has 0 aromatic heterocycles. The molecule has 0 bridgehead atoms. The molecule has 0 unspecified atom stereocenters.